The zero-order chi connectivity index (χ0) is 21.8. The van der Waals surface area contributed by atoms with Crippen molar-refractivity contribution in [3.8, 4) is 11.4 Å². The minimum atomic E-state index is -0.319. The van der Waals surface area contributed by atoms with Crippen molar-refractivity contribution in [2.45, 2.75) is 33.3 Å². The molecule has 0 radical (unpaired) electrons. The summed E-state index contributed by atoms with van der Waals surface area (Å²) in [7, 11) is 1.56. The first-order chi connectivity index (χ1) is 15.1. The van der Waals surface area contributed by atoms with Crippen molar-refractivity contribution in [1.29, 1.82) is 0 Å². The van der Waals surface area contributed by atoms with Crippen molar-refractivity contribution in [2.75, 3.05) is 6.61 Å². The normalized spacial score (nSPS) is 14.9. The van der Waals surface area contributed by atoms with Crippen LogP contribution in [0.2, 0.25) is 0 Å². The number of ether oxygens (including phenoxy) is 2. The van der Waals surface area contributed by atoms with Gasteiger partial charge < -0.3 is 9.47 Å². The molecule has 2 aromatic carbocycles. The zero-order valence-corrected chi connectivity index (χ0v) is 17.8. The molecule has 0 amide bonds. The molecule has 0 unspecified atom stereocenters. The largest absolute Gasteiger partial charge is 0.492 e. The summed E-state index contributed by atoms with van der Waals surface area (Å²) >= 11 is 0. The second-order valence-corrected chi connectivity index (χ2v) is 7.15. The fourth-order valence-electron chi connectivity index (χ4n) is 3.34. The lowest BCUT2D eigenvalue weighted by Gasteiger charge is -2.18. The van der Waals surface area contributed by atoms with Gasteiger partial charge in [-0.05, 0) is 41.1 Å². The lowest BCUT2D eigenvalue weighted by atomic mass is 10.0. The predicted octanol–water partition coefficient (Wildman–Crippen LogP) is 2.79. The van der Waals surface area contributed by atoms with Crippen molar-refractivity contribution < 1.29 is 9.47 Å². The van der Waals surface area contributed by atoms with E-state index in [1.807, 2.05) is 56.3 Å². The minimum Gasteiger partial charge on any atom is -0.492 e. The van der Waals surface area contributed by atoms with Gasteiger partial charge in [0.2, 0.25) is 5.90 Å². The maximum Gasteiger partial charge on any atom is 0.368 e. The second kappa shape index (κ2) is 8.95. The molecule has 1 aromatic heterocycles. The van der Waals surface area contributed by atoms with E-state index in [4.69, 9.17) is 9.47 Å². The van der Waals surface area contributed by atoms with Crippen LogP contribution in [0.3, 0.4) is 0 Å². The van der Waals surface area contributed by atoms with Gasteiger partial charge in [0.15, 0.2) is 0 Å². The third kappa shape index (κ3) is 4.25. The average molecular weight is 420 g/mol. The van der Waals surface area contributed by atoms with E-state index in [0.717, 1.165) is 28.2 Å². The summed E-state index contributed by atoms with van der Waals surface area (Å²) in [6, 6.07) is 13.5. The van der Waals surface area contributed by atoms with E-state index in [2.05, 4.69) is 20.6 Å². The van der Waals surface area contributed by atoms with Crippen LogP contribution in [0, 0.1) is 6.92 Å². The van der Waals surface area contributed by atoms with E-state index in [-0.39, 0.29) is 12.3 Å². The van der Waals surface area contributed by atoms with E-state index >= 15 is 0 Å². The first kappa shape index (κ1) is 20.5. The smallest absolute Gasteiger partial charge is 0.368 e. The number of hydrogen-bond acceptors (Lipinski definition) is 7. The maximum absolute atomic E-state index is 12.3. The summed E-state index contributed by atoms with van der Waals surface area (Å²) in [4.78, 5) is 12.3. The molecule has 160 valence electrons. The van der Waals surface area contributed by atoms with Crippen LogP contribution >= 0.6 is 0 Å². The van der Waals surface area contributed by atoms with Crippen molar-refractivity contribution >= 4 is 11.6 Å². The molecule has 1 aliphatic rings. The summed E-state index contributed by atoms with van der Waals surface area (Å²) in [5.41, 5.74) is 3.97. The third-order valence-electron chi connectivity index (χ3n) is 5.10. The van der Waals surface area contributed by atoms with Crippen molar-refractivity contribution in [1.82, 2.24) is 19.8 Å². The van der Waals surface area contributed by atoms with Gasteiger partial charge in [-0.15, -0.1) is 5.10 Å². The quantitative estimate of drug-likeness (QED) is 0.359. The Morgan fingerprint density at radius 1 is 1.19 bits per heavy atom. The number of benzene rings is 2. The molecular weight excluding hydrogens is 396 g/mol. The highest BCUT2D eigenvalue weighted by Gasteiger charge is 2.17. The summed E-state index contributed by atoms with van der Waals surface area (Å²) in [5.74, 6) is 1.33. The van der Waals surface area contributed by atoms with Crippen LogP contribution in [0.25, 0.3) is 5.69 Å². The average Bonchev–Trinajstić information content (AvgIpc) is 3.12. The summed E-state index contributed by atoms with van der Waals surface area (Å²) in [5, 5.41) is 16.6. The Balaban J connectivity index is 1.58. The van der Waals surface area contributed by atoms with E-state index in [1.165, 1.54) is 9.36 Å². The van der Waals surface area contributed by atoms with E-state index in [0.29, 0.717) is 31.0 Å². The van der Waals surface area contributed by atoms with Gasteiger partial charge in [0.05, 0.1) is 18.0 Å². The van der Waals surface area contributed by atoms with Crippen molar-refractivity contribution in [3.63, 3.8) is 0 Å². The fourth-order valence-corrected chi connectivity index (χ4v) is 3.34. The maximum atomic E-state index is 12.3. The number of fused-ring (bicyclic) bond motifs is 1. The van der Waals surface area contributed by atoms with Crippen LogP contribution in [-0.2, 0) is 18.4 Å². The Morgan fingerprint density at radius 2 is 2.03 bits per heavy atom. The van der Waals surface area contributed by atoms with E-state index < -0.39 is 0 Å². The standard InChI is InChI=1S/C22H24N6O3/c1-4-21(24-23-18-12-13-30-20-11-6-5-9-16(18)20)31-14-17-15(2)8-7-10-19(17)28-22(29)27(3)25-26-28/h5-11H,4,12-14H2,1-3H3/b23-18-,24-21-. The second-order valence-electron chi connectivity index (χ2n) is 7.15. The van der Waals surface area contributed by atoms with Gasteiger partial charge in [-0.2, -0.15) is 14.5 Å². The molecule has 2 heterocycles. The molecular formula is C22H24N6O3. The molecule has 0 atom stereocenters. The SMILES string of the molecule is CC/C(=N/N=C1/CCOc2ccccc21)OCc1c(C)cccc1-n1nnn(C)c1=O. The predicted molar refractivity (Wildman–Crippen MR) is 117 cm³/mol. The summed E-state index contributed by atoms with van der Waals surface area (Å²) in [6.07, 6.45) is 1.27. The fraction of sp³-hybridized carbons (Fsp3) is 0.318. The Hall–Kier alpha value is -3.75. The van der Waals surface area contributed by atoms with Crippen LogP contribution < -0.4 is 10.4 Å². The molecule has 0 saturated heterocycles. The van der Waals surface area contributed by atoms with Gasteiger partial charge in [0, 0.05) is 31.0 Å². The van der Waals surface area contributed by atoms with Crippen LogP contribution in [0.1, 0.15) is 36.5 Å². The number of nitrogens with zero attached hydrogens (tertiary/aromatic N) is 6. The molecule has 0 saturated carbocycles. The van der Waals surface area contributed by atoms with Gasteiger partial charge in [0.1, 0.15) is 12.4 Å². The molecule has 0 aliphatic carbocycles. The van der Waals surface area contributed by atoms with Crippen molar-refractivity contribution in [3.05, 3.63) is 69.6 Å². The van der Waals surface area contributed by atoms with Crippen LogP contribution in [0.5, 0.6) is 5.75 Å². The van der Waals surface area contributed by atoms with E-state index in [1.54, 1.807) is 7.05 Å². The molecule has 4 rings (SSSR count). The zero-order valence-electron chi connectivity index (χ0n) is 17.8. The first-order valence-corrected chi connectivity index (χ1v) is 10.1. The van der Waals surface area contributed by atoms with Crippen LogP contribution in [-0.4, -0.2) is 38.0 Å². The number of aromatic nitrogens is 4. The Labute approximate surface area is 179 Å². The van der Waals surface area contributed by atoms with Gasteiger partial charge in [-0.25, -0.2) is 4.79 Å². The molecule has 0 fully saturated rings. The first-order valence-electron chi connectivity index (χ1n) is 10.1. The van der Waals surface area contributed by atoms with Crippen molar-refractivity contribution in [2.24, 2.45) is 17.3 Å². The molecule has 0 N–H and O–H groups in total. The highest BCUT2D eigenvalue weighted by molar-refractivity contribution is 6.03. The number of hydrogen-bond donors (Lipinski definition) is 0. The van der Waals surface area contributed by atoms with E-state index in [9.17, 15) is 4.79 Å². The highest BCUT2D eigenvalue weighted by Crippen LogP contribution is 2.24. The number of aryl methyl sites for hydroxylation is 2. The van der Waals surface area contributed by atoms with Crippen LogP contribution in [0.4, 0.5) is 0 Å². The van der Waals surface area contributed by atoms with Gasteiger partial charge >= 0.3 is 5.69 Å². The van der Waals surface area contributed by atoms with Crippen LogP contribution in [0.15, 0.2) is 57.5 Å². The Morgan fingerprint density at radius 3 is 2.81 bits per heavy atom. The molecule has 9 heteroatoms. The van der Waals surface area contributed by atoms with Gasteiger partial charge in [0.25, 0.3) is 0 Å². The molecule has 9 nitrogen and oxygen atoms in total. The summed E-state index contributed by atoms with van der Waals surface area (Å²) < 4.78 is 14.1. The Kier molecular flexibility index (Phi) is 5.92. The number of para-hydroxylation sites is 1. The van der Waals surface area contributed by atoms with Gasteiger partial charge in [-0.1, -0.05) is 31.2 Å². The monoisotopic (exact) mass is 420 g/mol. The minimum absolute atomic E-state index is 0.238. The topological polar surface area (TPSA) is 95.9 Å². The molecule has 3 aromatic rings. The summed E-state index contributed by atoms with van der Waals surface area (Å²) in [6.45, 7) is 4.74. The third-order valence-corrected chi connectivity index (χ3v) is 5.10. The Bertz CT molecular complexity index is 1210. The lowest BCUT2D eigenvalue weighted by molar-refractivity contribution is 0.282. The molecule has 0 spiro atoms. The molecule has 31 heavy (non-hydrogen) atoms. The number of tetrazole rings is 1. The van der Waals surface area contributed by atoms with Gasteiger partial charge in [-0.3, -0.25) is 0 Å². The lowest BCUT2D eigenvalue weighted by Crippen LogP contribution is -2.23. The number of rotatable bonds is 5. The molecule has 1 aliphatic heterocycles. The molecule has 0 bridgehead atoms. The highest BCUT2D eigenvalue weighted by atomic mass is 16.5.